The van der Waals surface area contributed by atoms with E-state index < -0.39 is 5.97 Å². The second-order valence-corrected chi connectivity index (χ2v) is 5.59. The molecule has 0 aromatic heterocycles. The summed E-state index contributed by atoms with van der Waals surface area (Å²) in [4.78, 5) is 13.4. The van der Waals surface area contributed by atoms with Crippen molar-refractivity contribution < 1.29 is 9.90 Å². The first-order chi connectivity index (χ1) is 7.66. The van der Waals surface area contributed by atoms with Crippen molar-refractivity contribution in [1.29, 1.82) is 0 Å². The Kier molecular flexibility index (Phi) is 3.85. The lowest BCUT2D eigenvalue weighted by Crippen LogP contribution is -2.45. The molecule has 1 unspecified atom stereocenters. The van der Waals surface area contributed by atoms with Crippen molar-refractivity contribution in [1.82, 2.24) is 4.90 Å². The zero-order valence-electron chi connectivity index (χ0n) is 10.2. The molecule has 0 bridgehead atoms. The van der Waals surface area contributed by atoms with Gasteiger partial charge in [0, 0.05) is 12.6 Å². The molecule has 16 heavy (non-hydrogen) atoms. The van der Waals surface area contributed by atoms with Gasteiger partial charge in [0.1, 0.15) is 0 Å². The molecule has 1 N–H and O–H groups in total. The van der Waals surface area contributed by atoms with Crippen molar-refractivity contribution in [3.8, 4) is 0 Å². The second kappa shape index (κ2) is 5.17. The number of hydrogen-bond acceptors (Lipinski definition) is 2. The van der Waals surface area contributed by atoms with Gasteiger partial charge in [0.05, 0.1) is 5.92 Å². The number of piperidine rings is 1. The summed E-state index contributed by atoms with van der Waals surface area (Å²) in [6.45, 7) is 4.23. The first kappa shape index (κ1) is 11.9. The fourth-order valence-corrected chi connectivity index (χ4v) is 3.15. The Morgan fingerprint density at radius 2 is 1.88 bits per heavy atom. The summed E-state index contributed by atoms with van der Waals surface area (Å²) in [7, 11) is 0. The lowest BCUT2D eigenvalue weighted by Gasteiger charge is -2.40. The van der Waals surface area contributed by atoms with E-state index in [0.717, 1.165) is 31.8 Å². The molecule has 0 aromatic rings. The number of hydrogen-bond donors (Lipinski definition) is 1. The predicted molar refractivity (Wildman–Crippen MR) is 63.4 cm³/mol. The maximum Gasteiger partial charge on any atom is 0.307 e. The highest BCUT2D eigenvalue weighted by Crippen LogP contribution is 2.29. The van der Waals surface area contributed by atoms with E-state index >= 15 is 0 Å². The van der Waals surface area contributed by atoms with Crippen molar-refractivity contribution >= 4 is 5.97 Å². The molecule has 2 aliphatic rings. The number of aliphatic carboxylic acids is 1. The summed E-state index contributed by atoms with van der Waals surface area (Å²) < 4.78 is 0. The number of likely N-dealkylation sites (tertiary alicyclic amines) is 1. The minimum atomic E-state index is -0.603. The van der Waals surface area contributed by atoms with E-state index in [9.17, 15) is 4.79 Å². The summed E-state index contributed by atoms with van der Waals surface area (Å²) in [5.74, 6) is 0.151. The minimum Gasteiger partial charge on any atom is -0.481 e. The van der Waals surface area contributed by atoms with Crippen molar-refractivity contribution in [3.63, 3.8) is 0 Å². The summed E-state index contributed by atoms with van der Waals surface area (Å²) in [6.07, 6.45) is 7.11. The molecule has 1 aliphatic heterocycles. The highest BCUT2D eigenvalue weighted by atomic mass is 16.4. The largest absolute Gasteiger partial charge is 0.481 e. The van der Waals surface area contributed by atoms with Gasteiger partial charge in [0.2, 0.25) is 0 Å². The summed E-state index contributed by atoms with van der Waals surface area (Å²) in [5, 5.41) is 9.07. The number of carbonyl (C=O) groups is 1. The van der Waals surface area contributed by atoms with Gasteiger partial charge in [-0.1, -0.05) is 6.92 Å². The molecule has 0 spiro atoms. The van der Waals surface area contributed by atoms with Crippen molar-refractivity contribution in [2.75, 3.05) is 13.1 Å². The van der Waals surface area contributed by atoms with Gasteiger partial charge in [-0.25, -0.2) is 0 Å². The highest BCUT2D eigenvalue weighted by molar-refractivity contribution is 5.70. The van der Waals surface area contributed by atoms with Gasteiger partial charge in [0.15, 0.2) is 0 Å². The van der Waals surface area contributed by atoms with Crippen LogP contribution in [0.5, 0.6) is 0 Å². The molecule has 2 rings (SSSR count). The van der Waals surface area contributed by atoms with Crippen LogP contribution in [0, 0.1) is 11.8 Å². The molecular weight excluding hydrogens is 202 g/mol. The lowest BCUT2D eigenvalue weighted by atomic mass is 9.85. The van der Waals surface area contributed by atoms with E-state index in [1.54, 1.807) is 0 Å². The first-order valence-corrected chi connectivity index (χ1v) is 6.63. The van der Waals surface area contributed by atoms with Gasteiger partial charge in [-0.2, -0.15) is 0 Å². The maximum absolute atomic E-state index is 11.0. The van der Waals surface area contributed by atoms with E-state index in [2.05, 4.69) is 11.8 Å². The molecule has 1 saturated heterocycles. The van der Waals surface area contributed by atoms with E-state index in [4.69, 9.17) is 5.11 Å². The SMILES string of the molecule is CC1CCC(N2CCCC(C(=O)O)C2)CC1. The van der Waals surface area contributed by atoms with Gasteiger partial charge in [-0.15, -0.1) is 0 Å². The summed E-state index contributed by atoms with van der Waals surface area (Å²) in [5.41, 5.74) is 0. The monoisotopic (exact) mass is 225 g/mol. The zero-order chi connectivity index (χ0) is 11.5. The van der Waals surface area contributed by atoms with Gasteiger partial charge in [0.25, 0.3) is 0 Å². The third-order valence-electron chi connectivity index (χ3n) is 4.30. The average molecular weight is 225 g/mol. The third kappa shape index (κ3) is 2.76. The third-order valence-corrected chi connectivity index (χ3v) is 4.30. The fourth-order valence-electron chi connectivity index (χ4n) is 3.15. The molecule has 1 aliphatic carbocycles. The van der Waals surface area contributed by atoms with Crippen LogP contribution in [0.4, 0.5) is 0 Å². The predicted octanol–water partition coefficient (Wildman–Crippen LogP) is 2.36. The number of carboxylic acids is 1. The summed E-state index contributed by atoms with van der Waals surface area (Å²) in [6, 6.07) is 0.665. The van der Waals surface area contributed by atoms with Crippen molar-refractivity contribution in [2.24, 2.45) is 11.8 Å². The normalized spacial score (nSPS) is 37.2. The first-order valence-electron chi connectivity index (χ1n) is 6.63. The van der Waals surface area contributed by atoms with Gasteiger partial charge in [-0.3, -0.25) is 9.69 Å². The Morgan fingerprint density at radius 1 is 1.19 bits per heavy atom. The van der Waals surface area contributed by atoms with E-state index in [-0.39, 0.29) is 5.92 Å². The molecule has 3 nitrogen and oxygen atoms in total. The molecule has 92 valence electrons. The van der Waals surface area contributed by atoms with Crippen molar-refractivity contribution in [2.45, 2.75) is 51.5 Å². The molecule has 1 heterocycles. The van der Waals surface area contributed by atoms with Crippen LogP contribution in [0.25, 0.3) is 0 Å². The fraction of sp³-hybridized carbons (Fsp3) is 0.923. The van der Waals surface area contributed by atoms with Crippen LogP contribution in [-0.2, 0) is 4.79 Å². The number of nitrogens with zero attached hydrogens (tertiary/aromatic N) is 1. The maximum atomic E-state index is 11.0. The van der Waals surface area contributed by atoms with Crippen LogP contribution in [-0.4, -0.2) is 35.1 Å². The Morgan fingerprint density at radius 3 is 2.50 bits per heavy atom. The van der Waals surface area contributed by atoms with Crippen LogP contribution in [0.2, 0.25) is 0 Å². The van der Waals surface area contributed by atoms with E-state index in [0.29, 0.717) is 6.04 Å². The minimum absolute atomic E-state index is 0.118. The standard InChI is InChI=1S/C13H23NO2/c1-10-4-6-12(7-5-10)14-8-2-3-11(9-14)13(15)16/h10-12H,2-9H2,1H3,(H,15,16). The molecule has 2 fully saturated rings. The van der Waals surface area contributed by atoms with Crippen LogP contribution in [0.3, 0.4) is 0 Å². The Labute approximate surface area is 97.8 Å². The molecule has 0 radical (unpaired) electrons. The molecular formula is C13H23NO2. The van der Waals surface area contributed by atoms with Crippen LogP contribution >= 0.6 is 0 Å². The quantitative estimate of drug-likeness (QED) is 0.784. The van der Waals surface area contributed by atoms with Crippen LogP contribution < -0.4 is 0 Å². The highest BCUT2D eigenvalue weighted by Gasteiger charge is 2.31. The van der Waals surface area contributed by atoms with Crippen LogP contribution in [0.15, 0.2) is 0 Å². The van der Waals surface area contributed by atoms with Gasteiger partial charge >= 0.3 is 5.97 Å². The number of carboxylic acid groups (broad SMARTS) is 1. The molecule has 0 aromatic carbocycles. The van der Waals surface area contributed by atoms with E-state index in [1.165, 1.54) is 25.7 Å². The topological polar surface area (TPSA) is 40.5 Å². The Balaban J connectivity index is 1.87. The van der Waals surface area contributed by atoms with E-state index in [1.807, 2.05) is 0 Å². The molecule has 1 atom stereocenters. The lowest BCUT2D eigenvalue weighted by molar-refractivity contribution is -0.144. The second-order valence-electron chi connectivity index (χ2n) is 5.59. The Hall–Kier alpha value is -0.570. The van der Waals surface area contributed by atoms with Gasteiger partial charge < -0.3 is 5.11 Å². The Bertz CT molecular complexity index is 246. The molecule has 0 amide bonds. The number of rotatable bonds is 2. The zero-order valence-corrected chi connectivity index (χ0v) is 10.2. The van der Waals surface area contributed by atoms with Crippen molar-refractivity contribution in [3.05, 3.63) is 0 Å². The van der Waals surface area contributed by atoms with Crippen LogP contribution in [0.1, 0.15) is 45.4 Å². The van der Waals surface area contributed by atoms with Gasteiger partial charge in [-0.05, 0) is 51.0 Å². The smallest absolute Gasteiger partial charge is 0.307 e. The summed E-state index contributed by atoms with van der Waals surface area (Å²) >= 11 is 0. The molecule has 1 saturated carbocycles. The molecule has 3 heteroatoms. The average Bonchev–Trinajstić information content (AvgIpc) is 2.30.